The number of hydrogen-bond donors (Lipinski definition) is 2. The van der Waals surface area contributed by atoms with Crippen LogP contribution in [0.1, 0.15) is 13.8 Å². The maximum atomic E-state index is 12.9. The van der Waals surface area contributed by atoms with E-state index in [0.29, 0.717) is 16.9 Å². The molecular formula is C15H16BrN5O2S. The first-order chi connectivity index (χ1) is 11.3. The molecule has 0 bridgehead atoms. The maximum absolute atomic E-state index is 12.9. The molecule has 2 heterocycles. The minimum Gasteiger partial charge on any atom is -0.368 e. The molecule has 3 aromatic rings. The number of rotatable bonds is 5. The van der Waals surface area contributed by atoms with E-state index in [-0.39, 0.29) is 11.4 Å². The van der Waals surface area contributed by atoms with Crippen molar-refractivity contribution in [3.63, 3.8) is 0 Å². The largest absolute Gasteiger partial charge is 0.368 e. The number of aromatic amines is 1. The number of fused-ring (bicyclic) bond motifs is 1. The topological polar surface area (TPSA) is 101 Å². The van der Waals surface area contributed by atoms with E-state index in [0.717, 1.165) is 4.47 Å². The fraction of sp³-hybridized carbons (Fsp3) is 0.267. The fourth-order valence-corrected chi connectivity index (χ4v) is 3.89. The average Bonchev–Trinajstić information content (AvgIpc) is 3.02. The zero-order valence-electron chi connectivity index (χ0n) is 13.1. The van der Waals surface area contributed by atoms with Crippen LogP contribution < -0.4 is 5.32 Å². The van der Waals surface area contributed by atoms with Crippen molar-refractivity contribution in [1.82, 2.24) is 20.2 Å². The predicted molar refractivity (Wildman–Crippen MR) is 95.6 cm³/mol. The normalized spacial score (nSPS) is 12.5. The molecule has 0 amide bonds. The Bertz CT molecular complexity index is 967. The van der Waals surface area contributed by atoms with Gasteiger partial charge in [0.25, 0.3) is 0 Å². The number of halogens is 1. The number of anilines is 1. The van der Waals surface area contributed by atoms with Crippen LogP contribution in [-0.4, -0.2) is 39.9 Å². The highest BCUT2D eigenvalue weighted by Crippen LogP contribution is 2.27. The molecule has 0 atom stereocenters. The highest BCUT2D eigenvalue weighted by atomic mass is 79.9. The molecule has 24 heavy (non-hydrogen) atoms. The third-order valence-corrected chi connectivity index (χ3v) is 6.80. The third-order valence-electron chi connectivity index (χ3n) is 3.78. The number of sulfone groups is 1. The molecule has 0 unspecified atom stereocenters. The fourth-order valence-electron chi connectivity index (χ4n) is 2.23. The zero-order chi connectivity index (χ0) is 17.4. The zero-order valence-corrected chi connectivity index (χ0v) is 15.5. The summed E-state index contributed by atoms with van der Waals surface area (Å²) in [6, 6.07) is 6.63. The summed E-state index contributed by atoms with van der Waals surface area (Å²) in [5, 5.41) is 10.5. The van der Waals surface area contributed by atoms with Crippen molar-refractivity contribution in [2.24, 2.45) is 0 Å². The summed E-state index contributed by atoms with van der Waals surface area (Å²) in [5.41, 5.74) is 0.598. The standard InChI is InChI=1S/C15H16BrN5O2S/c1-15(2,24(22,23)11-5-3-10(16)4-6-11)8-17-13-12-7-20-21-14(12)19-9-18-13/h3-7,9H,8H2,1-2H3,(H2,17,18,19,20,21). The van der Waals surface area contributed by atoms with Gasteiger partial charge < -0.3 is 5.32 Å². The second-order valence-electron chi connectivity index (χ2n) is 5.93. The quantitative estimate of drug-likeness (QED) is 0.671. The Morgan fingerprint density at radius 2 is 1.92 bits per heavy atom. The van der Waals surface area contributed by atoms with Crippen molar-refractivity contribution in [1.29, 1.82) is 0 Å². The second kappa shape index (κ2) is 6.14. The van der Waals surface area contributed by atoms with Crippen molar-refractivity contribution >= 4 is 42.6 Å². The Morgan fingerprint density at radius 3 is 2.62 bits per heavy atom. The van der Waals surface area contributed by atoms with Gasteiger partial charge in [-0.05, 0) is 38.1 Å². The van der Waals surface area contributed by atoms with E-state index >= 15 is 0 Å². The molecule has 1 aromatic carbocycles. The Hall–Kier alpha value is -2.00. The summed E-state index contributed by atoms with van der Waals surface area (Å²) in [4.78, 5) is 8.51. The molecule has 0 radical (unpaired) electrons. The molecule has 0 aliphatic heterocycles. The van der Waals surface area contributed by atoms with E-state index < -0.39 is 14.6 Å². The van der Waals surface area contributed by atoms with Gasteiger partial charge in [-0.1, -0.05) is 15.9 Å². The van der Waals surface area contributed by atoms with Gasteiger partial charge in [0.15, 0.2) is 15.5 Å². The monoisotopic (exact) mass is 409 g/mol. The van der Waals surface area contributed by atoms with Gasteiger partial charge in [-0.2, -0.15) is 5.10 Å². The van der Waals surface area contributed by atoms with Gasteiger partial charge in [-0.15, -0.1) is 0 Å². The second-order valence-corrected chi connectivity index (χ2v) is 9.42. The maximum Gasteiger partial charge on any atom is 0.185 e. The van der Waals surface area contributed by atoms with E-state index in [1.807, 2.05) is 0 Å². The van der Waals surface area contributed by atoms with Crippen LogP contribution in [-0.2, 0) is 9.84 Å². The SMILES string of the molecule is CC(C)(CNc1ncnc2[nH]ncc12)S(=O)(=O)c1ccc(Br)cc1. The number of nitrogens with one attached hydrogen (secondary N) is 2. The lowest BCUT2D eigenvalue weighted by molar-refractivity contribution is 0.553. The van der Waals surface area contributed by atoms with E-state index in [1.54, 1.807) is 44.3 Å². The van der Waals surface area contributed by atoms with E-state index in [1.165, 1.54) is 6.33 Å². The first-order valence-corrected chi connectivity index (χ1v) is 9.47. The smallest absolute Gasteiger partial charge is 0.185 e. The minimum atomic E-state index is -3.52. The third kappa shape index (κ3) is 3.01. The number of H-pyrrole nitrogens is 1. The van der Waals surface area contributed by atoms with Gasteiger partial charge in [0.05, 0.1) is 21.2 Å². The first-order valence-electron chi connectivity index (χ1n) is 7.19. The number of aromatic nitrogens is 4. The predicted octanol–water partition coefficient (Wildman–Crippen LogP) is 2.78. The van der Waals surface area contributed by atoms with Crippen molar-refractivity contribution in [2.75, 3.05) is 11.9 Å². The van der Waals surface area contributed by atoms with E-state index in [4.69, 9.17) is 0 Å². The van der Waals surface area contributed by atoms with Gasteiger partial charge in [0, 0.05) is 11.0 Å². The Kier molecular flexibility index (Phi) is 4.31. The molecule has 0 saturated heterocycles. The van der Waals surface area contributed by atoms with E-state index in [2.05, 4.69) is 41.4 Å². The molecule has 9 heteroatoms. The average molecular weight is 410 g/mol. The lowest BCUT2D eigenvalue weighted by Gasteiger charge is -2.25. The van der Waals surface area contributed by atoms with Crippen LogP contribution in [0.15, 0.2) is 46.2 Å². The summed E-state index contributed by atoms with van der Waals surface area (Å²) < 4.78 is 25.6. The van der Waals surface area contributed by atoms with Crippen molar-refractivity contribution in [3.05, 3.63) is 41.3 Å². The van der Waals surface area contributed by atoms with Gasteiger partial charge in [-0.25, -0.2) is 18.4 Å². The summed E-state index contributed by atoms with van der Waals surface area (Å²) >= 11 is 3.31. The van der Waals surface area contributed by atoms with Crippen molar-refractivity contribution in [2.45, 2.75) is 23.5 Å². The van der Waals surface area contributed by atoms with E-state index in [9.17, 15) is 8.42 Å². The van der Waals surface area contributed by atoms with Gasteiger partial charge in [0.1, 0.15) is 12.1 Å². The van der Waals surface area contributed by atoms with Crippen LogP contribution in [0.2, 0.25) is 0 Å². The minimum absolute atomic E-state index is 0.197. The molecule has 0 saturated carbocycles. The van der Waals surface area contributed by atoms with Gasteiger partial charge in [0.2, 0.25) is 0 Å². The summed E-state index contributed by atoms with van der Waals surface area (Å²) in [7, 11) is -3.52. The van der Waals surface area contributed by atoms with Crippen LogP contribution >= 0.6 is 15.9 Å². The highest BCUT2D eigenvalue weighted by molar-refractivity contribution is 9.10. The number of hydrogen-bond acceptors (Lipinski definition) is 6. The Morgan fingerprint density at radius 1 is 1.21 bits per heavy atom. The van der Waals surface area contributed by atoms with Crippen LogP contribution in [0.3, 0.4) is 0 Å². The van der Waals surface area contributed by atoms with Crippen molar-refractivity contribution < 1.29 is 8.42 Å². The molecule has 0 aliphatic carbocycles. The van der Waals surface area contributed by atoms with Gasteiger partial charge >= 0.3 is 0 Å². The lowest BCUT2D eigenvalue weighted by atomic mass is 10.2. The molecule has 7 nitrogen and oxygen atoms in total. The number of benzene rings is 1. The molecule has 0 aliphatic rings. The summed E-state index contributed by atoms with van der Waals surface area (Å²) in [5.74, 6) is 0.549. The van der Waals surface area contributed by atoms with Gasteiger partial charge in [-0.3, -0.25) is 5.10 Å². The molecule has 3 rings (SSSR count). The Balaban J connectivity index is 1.85. The van der Waals surface area contributed by atoms with Crippen LogP contribution in [0.5, 0.6) is 0 Å². The first kappa shape index (κ1) is 16.8. The summed E-state index contributed by atoms with van der Waals surface area (Å²) in [6.45, 7) is 3.57. The summed E-state index contributed by atoms with van der Waals surface area (Å²) in [6.07, 6.45) is 3.01. The number of nitrogens with zero attached hydrogens (tertiary/aromatic N) is 3. The molecule has 0 fully saturated rings. The molecular weight excluding hydrogens is 394 g/mol. The highest BCUT2D eigenvalue weighted by Gasteiger charge is 2.35. The van der Waals surface area contributed by atoms with Crippen LogP contribution in [0, 0.1) is 0 Å². The molecule has 126 valence electrons. The van der Waals surface area contributed by atoms with Crippen LogP contribution in [0.4, 0.5) is 5.82 Å². The molecule has 0 spiro atoms. The van der Waals surface area contributed by atoms with Crippen LogP contribution in [0.25, 0.3) is 11.0 Å². The lowest BCUT2D eigenvalue weighted by Crippen LogP contribution is -2.39. The van der Waals surface area contributed by atoms with Crippen molar-refractivity contribution in [3.8, 4) is 0 Å². The Labute approximate surface area is 148 Å². The molecule has 2 N–H and O–H groups in total. The molecule has 2 aromatic heterocycles.